The van der Waals surface area contributed by atoms with Gasteiger partial charge in [-0.2, -0.15) is 0 Å². The number of esters is 1. The van der Waals surface area contributed by atoms with E-state index in [4.69, 9.17) is 15.2 Å². The maximum absolute atomic E-state index is 11.3. The van der Waals surface area contributed by atoms with Crippen molar-refractivity contribution in [3.63, 3.8) is 0 Å². The third kappa shape index (κ3) is 2.19. The first-order valence-electron chi connectivity index (χ1n) is 4.15. The smallest absolute Gasteiger partial charge is 0.313 e. The fourth-order valence-electron chi connectivity index (χ4n) is 1.13. The molecule has 1 fully saturated rings. The van der Waals surface area contributed by atoms with Gasteiger partial charge in [-0.15, -0.1) is 0 Å². The van der Waals surface area contributed by atoms with Crippen LogP contribution in [0.1, 0.15) is 13.8 Å². The lowest BCUT2D eigenvalue weighted by Crippen LogP contribution is -2.36. The van der Waals surface area contributed by atoms with Crippen LogP contribution in [0.2, 0.25) is 0 Å². The Morgan fingerprint density at radius 3 is 2.67 bits per heavy atom. The molecule has 4 nitrogen and oxygen atoms in total. The quantitative estimate of drug-likeness (QED) is 0.593. The molecule has 1 saturated heterocycles. The zero-order valence-corrected chi connectivity index (χ0v) is 7.45. The monoisotopic (exact) mass is 173 g/mol. The van der Waals surface area contributed by atoms with E-state index in [9.17, 15) is 4.79 Å². The van der Waals surface area contributed by atoms with Crippen LogP contribution < -0.4 is 5.73 Å². The maximum atomic E-state index is 11.3. The van der Waals surface area contributed by atoms with Crippen LogP contribution in [0.25, 0.3) is 0 Å². The molecular formula is C8H15NO3. The van der Waals surface area contributed by atoms with Crippen LogP contribution in [-0.4, -0.2) is 31.3 Å². The van der Waals surface area contributed by atoms with Crippen LogP contribution in [0, 0.1) is 5.92 Å². The minimum atomic E-state index is -0.271. The Hall–Kier alpha value is -0.610. The molecule has 2 N–H and O–H groups in total. The van der Waals surface area contributed by atoms with E-state index in [1.54, 1.807) is 0 Å². The summed E-state index contributed by atoms with van der Waals surface area (Å²) >= 11 is 0. The van der Waals surface area contributed by atoms with Crippen molar-refractivity contribution in [2.45, 2.75) is 26.0 Å². The molecule has 1 aliphatic heterocycles. The van der Waals surface area contributed by atoms with Crippen molar-refractivity contribution in [3.05, 3.63) is 0 Å². The fourth-order valence-corrected chi connectivity index (χ4v) is 1.13. The van der Waals surface area contributed by atoms with Gasteiger partial charge >= 0.3 is 5.97 Å². The highest BCUT2D eigenvalue weighted by Gasteiger charge is 2.32. The molecule has 0 aromatic carbocycles. The number of hydrogen-bond donors (Lipinski definition) is 1. The van der Waals surface area contributed by atoms with Crippen molar-refractivity contribution < 1.29 is 14.3 Å². The van der Waals surface area contributed by atoms with Gasteiger partial charge in [0.25, 0.3) is 0 Å². The summed E-state index contributed by atoms with van der Waals surface area (Å²) in [5.74, 6) is -0.512. The second-order valence-corrected chi connectivity index (χ2v) is 3.29. The van der Waals surface area contributed by atoms with E-state index in [2.05, 4.69) is 0 Å². The topological polar surface area (TPSA) is 61.5 Å². The summed E-state index contributed by atoms with van der Waals surface area (Å²) in [6.07, 6.45) is -0.0784. The van der Waals surface area contributed by atoms with E-state index in [-0.39, 0.29) is 24.0 Å². The molecule has 2 atom stereocenters. The third-order valence-corrected chi connectivity index (χ3v) is 1.78. The van der Waals surface area contributed by atoms with Gasteiger partial charge in [0.15, 0.2) is 0 Å². The van der Waals surface area contributed by atoms with Gasteiger partial charge < -0.3 is 15.2 Å². The van der Waals surface area contributed by atoms with E-state index >= 15 is 0 Å². The van der Waals surface area contributed by atoms with Gasteiger partial charge in [-0.1, -0.05) is 0 Å². The molecule has 0 saturated carbocycles. The SMILES string of the molecule is CC(C)OC(=O)C1COCC1N. The molecule has 1 heterocycles. The first-order chi connectivity index (χ1) is 5.61. The highest BCUT2D eigenvalue weighted by atomic mass is 16.5. The van der Waals surface area contributed by atoms with E-state index in [1.807, 2.05) is 13.8 Å². The highest BCUT2D eigenvalue weighted by Crippen LogP contribution is 2.13. The molecule has 0 spiro atoms. The van der Waals surface area contributed by atoms with Gasteiger partial charge in [0.2, 0.25) is 0 Å². The van der Waals surface area contributed by atoms with Gasteiger partial charge in [-0.3, -0.25) is 4.79 Å². The Morgan fingerprint density at radius 1 is 1.58 bits per heavy atom. The van der Waals surface area contributed by atoms with Crippen LogP contribution in [0.15, 0.2) is 0 Å². The van der Waals surface area contributed by atoms with Crippen molar-refractivity contribution in [3.8, 4) is 0 Å². The number of nitrogens with two attached hydrogens (primary N) is 1. The Balaban J connectivity index is 2.41. The molecule has 12 heavy (non-hydrogen) atoms. The standard InChI is InChI=1S/C8H15NO3/c1-5(2)12-8(10)6-3-11-4-7(6)9/h5-7H,3-4,9H2,1-2H3. The zero-order valence-electron chi connectivity index (χ0n) is 7.45. The van der Waals surface area contributed by atoms with Gasteiger partial charge in [0.05, 0.1) is 25.2 Å². The van der Waals surface area contributed by atoms with Gasteiger partial charge in [-0.05, 0) is 13.8 Å². The van der Waals surface area contributed by atoms with Crippen LogP contribution >= 0.6 is 0 Å². The Labute approximate surface area is 72.0 Å². The Kier molecular flexibility index (Phi) is 3.05. The fraction of sp³-hybridized carbons (Fsp3) is 0.875. The van der Waals surface area contributed by atoms with Crippen LogP contribution in [0.5, 0.6) is 0 Å². The number of ether oxygens (including phenoxy) is 2. The number of carbonyl (C=O) groups excluding carboxylic acids is 1. The molecule has 0 amide bonds. The summed E-state index contributed by atoms with van der Waals surface area (Å²) in [5.41, 5.74) is 5.63. The number of carbonyl (C=O) groups is 1. The first-order valence-corrected chi connectivity index (χ1v) is 4.15. The maximum Gasteiger partial charge on any atom is 0.313 e. The van der Waals surface area contributed by atoms with Crippen molar-refractivity contribution in [2.75, 3.05) is 13.2 Å². The van der Waals surface area contributed by atoms with Crippen molar-refractivity contribution in [1.29, 1.82) is 0 Å². The molecule has 0 aromatic heterocycles. The second kappa shape index (κ2) is 3.87. The van der Waals surface area contributed by atoms with Gasteiger partial charge in [0.1, 0.15) is 0 Å². The minimum absolute atomic E-state index is 0.0784. The van der Waals surface area contributed by atoms with Crippen LogP contribution in [0.4, 0.5) is 0 Å². The van der Waals surface area contributed by atoms with E-state index < -0.39 is 0 Å². The lowest BCUT2D eigenvalue weighted by molar-refractivity contribution is -0.152. The summed E-state index contributed by atoms with van der Waals surface area (Å²) < 4.78 is 10.1. The molecule has 2 unspecified atom stereocenters. The molecule has 0 aliphatic carbocycles. The average molecular weight is 173 g/mol. The average Bonchev–Trinajstić information content (AvgIpc) is 2.33. The summed E-state index contributed by atoms with van der Waals surface area (Å²) in [5, 5.41) is 0. The Morgan fingerprint density at radius 2 is 2.25 bits per heavy atom. The van der Waals surface area contributed by atoms with E-state index in [1.165, 1.54) is 0 Å². The van der Waals surface area contributed by atoms with Crippen molar-refractivity contribution in [2.24, 2.45) is 11.7 Å². The predicted octanol–water partition coefficient (Wildman–Crippen LogP) is -0.0883. The lowest BCUT2D eigenvalue weighted by Gasteiger charge is -2.14. The van der Waals surface area contributed by atoms with Crippen molar-refractivity contribution >= 4 is 5.97 Å². The molecule has 0 bridgehead atoms. The Bertz CT molecular complexity index is 170. The first kappa shape index (κ1) is 9.48. The van der Waals surface area contributed by atoms with Crippen molar-refractivity contribution in [1.82, 2.24) is 0 Å². The highest BCUT2D eigenvalue weighted by molar-refractivity contribution is 5.74. The minimum Gasteiger partial charge on any atom is -0.463 e. The molecule has 1 aliphatic rings. The van der Waals surface area contributed by atoms with Crippen LogP contribution in [0.3, 0.4) is 0 Å². The molecule has 4 heteroatoms. The normalized spacial score (nSPS) is 29.3. The summed E-state index contributed by atoms with van der Waals surface area (Å²) in [7, 11) is 0. The number of rotatable bonds is 2. The molecule has 0 aromatic rings. The second-order valence-electron chi connectivity index (χ2n) is 3.29. The summed E-state index contributed by atoms with van der Waals surface area (Å²) in [6.45, 7) is 4.49. The third-order valence-electron chi connectivity index (χ3n) is 1.78. The molecular weight excluding hydrogens is 158 g/mol. The molecule has 1 rings (SSSR count). The molecule has 70 valence electrons. The number of hydrogen-bond acceptors (Lipinski definition) is 4. The van der Waals surface area contributed by atoms with E-state index in [0.717, 1.165) is 0 Å². The largest absolute Gasteiger partial charge is 0.463 e. The predicted molar refractivity (Wildman–Crippen MR) is 43.5 cm³/mol. The van der Waals surface area contributed by atoms with Gasteiger partial charge in [0, 0.05) is 6.04 Å². The summed E-state index contributed by atoms with van der Waals surface area (Å²) in [6, 6.07) is -0.198. The zero-order chi connectivity index (χ0) is 9.14. The van der Waals surface area contributed by atoms with Gasteiger partial charge in [-0.25, -0.2) is 0 Å². The van der Waals surface area contributed by atoms with Crippen LogP contribution in [-0.2, 0) is 14.3 Å². The molecule has 0 radical (unpaired) electrons. The van der Waals surface area contributed by atoms with E-state index in [0.29, 0.717) is 13.2 Å². The lowest BCUT2D eigenvalue weighted by atomic mass is 10.1. The summed E-state index contributed by atoms with van der Waals surface area (Å²) in [4.78, 5) is 11.3.